The highest BCUT2D eigenvalue weighted by molar-refractivity contribution is 7.11. The van der Waals surface area contributed by atoms with Crippen LogP contribution in [-0.2, 0) is 27.4 Å². The highest BCUT2D eigenvalue weighted by Gasteiger charge is 2.54. The Morgan fingerprint density at radius 2 is 1.94 bits per heavy atom. The van der Waals surface area contributed by atoms with Crippen molar-refractivity contribution in [2.45, 2.75) is 93.3 Å². The first-order chi connectivity index (χ1) is 15.3. The Morgan fingerprint density at radius 3 is 2.52 bits per heavy atom. The zero-order valence-corrected chi connectivity index (χ0v) is 22.4. The molecule has 0 aliphatic heterocycles. The first kappa shape index (κ1) is 26.1. The lowest BCUT2D eigenvalue weighted by Crippen LogP contribution is -2.53. The summed E-state index contributed by atoms with van der Waals surface area (Å²) in [5.41, 5.74) is 0.476. The molecular formula is C26H42N2O4S. The monoisotopic (exact) mass is 478 g/mol. The number of aliphatic hydroxyl groups is 1. The van der Waals surface area contributed by atoms with Crippen molar-refractivity contribution in [2.75, 3.05) is 13.1 Å². The maximum absolute atomic E-state index is 13.0. The highest BCUT2D eigenvalue weighted by Crippen LogP contribution is 2.57. The van der Waals surface area contributed by atoms with Gasteiger partial charge in [0.1, 0.15) is 11.6 Å². The summed E-state index contributed by atoms with van der Waals surface area (Å²) < 4.78 is 5.51. The van der Waals surface area contributed by atoms with Crippen molar-refractivity contribution in [2.24, 2.45) is 28.6 Å². The number of ether oxygens (including phenoxy) is 1. The number of aliphatic hydroxyl groups excluding tert-OH is 1. The van der Waals surface area contributed by atoms with Crippen LogP contribution in [0.5, 0.6) is 0 Å². The summed E-state index contributed by atoms with van der Waals surface area (Å²) in [5.74, 6) is -0.159. The molecule has 1 N–H and O–H groups in total. The van der Waals surface area contributed by atoms with Gasteiger partial charge in [0.05, 0.1) is 17.2 Å². The van der Waals surface area contributed by atoms with Gasteiger partial charge in [-0.3, -0.25) is 9.59 Å². The lowest BCUT2D eigenvalue weighted by atomic mass is 9.53. The molecule has 7 heteroatoms. The molecule has 1 amide bonds. The lowest BCUT2D eigenvalue weighted by Gasteiger charge is -2.53. The quantitative estimate of drug-likeness (QED) is 0.595. The van der Waals surface area contributed by atoms with Crippen molar-refractivity contribution < 1.29 is 19.4 Å². The van der Waals surface area contributed by atoms with Gasteiger partial charge in [0.25, 0.3) is 0 Å². The third-order valence-electron chi connectivity index (χ3n) is 8.01. The van der Waals surface area contributed by atoms with Crippen LogP contribution in [0.4, 0.5) is 0 Å². The van der Waals surface area contributed by atoms with Crippen LogP contribution < -0.4 is 0 Å². The van der Waals surface area contributed by atoms with Gasteiger partial charge >= 0.3 is 5.97 Å². The Bertz CT molecular complexity index is 872. The number of nitrogens with zero attached hydrogens (tertiary/aromatic N) is 2. The molecule has 6 atom stereocenters. The summed E-state index contributed by atoms with van der Waals surface area (Å²) in [6.45, 7) is 17.6. The van der Waals surface area contributed by atoms with E-state index in [1.54, 1.807) is 11.3 Å². The predicted octanol–water partition coefficient (Wildman–Crippen LogP) is 4.79. The molecule has 3 rings (SSSR count). The molecule has 33 heavy (non-hydrogen) atoms. The van der Waals surface area contributed by atoms with E-state index in [1.807, 2.05) is 46.4 Å². The van der Waals surface area contributed by atoms with Crippen molar-refractivity contribution in [3.05, 3.63) is 15.6 Å². The highest BCUT2D eigenvalue weighted by atomic mass is 32.1. The normalized spacial score (nSPS) is 30.2. The number of carbonyl (C=O) groups is 2. The maximum atomic E-state index is 13.0. The molecule has 0 spiro atoms. The van der Waals surface area contributed by atoms with Gasteiger partial charge in [-0.15, -0.1) is 11.3 Å². The minimum absolute atomic E-state index is 0.0216. The van der Waals surface area contributed by atoms with Crippen LogP contribution in [-0.4, -0.2) is 46.1 Å². The van der Waals surface area contributed by atoms with Crippen LogP contribution >= 0.6 is 11.3 Å². The SMILES string of the molecule is CCN(CC)C(=O)[C@@H](C)[C@H]1CC[C@@]2(C)Cc3sc(COC(=O)C(C)(C)C)nc3[C@@H](C)[C@@H]2[C@H]1O. The molecule has 0 unspecified atom stereocenters. The van der Waals surface area contributed by atoms with E-state index in [-0.39, 0.29) is 47.6 Å². The Balaban J connectivity index is 1.80. The molecule has 1 fully saturated rings. The average Bonchev–Trinajstić information content (AvgIpc) is 3.14. The molecule has 1 aromatic rings. The number of rotatable bonds is 6. The smallest absolute Gasteiger partial charge is 0.311 e. The molecule has 186 valence electrons. The van der Waals surface area contributed by atoms with Crippen LogP contribution in [0.15, 0.2) is 0 Å². The Morgan fingerprint density at radius 1 is 1.30 bits per heavy atom. The van der Waals surface area contributed by atoms with E-state index in [0.29, 0.717) is 13.1 Å². The average molecular weight is 479 g/mol. The summed E-state index contributed by atoms with van der Waals surface area (Å²) in [7, 11) is 0. The van der Waals surface area contributed by atoms with E-state index in [1.165, 1.54) is 4.88 Å². The van der Waals surface area contributed by atoms with E-state index < -0.39 is 11.5 Å². The second-order valence-corrected chi connectivity index (χ2v) is 12.5. The molecule has 1 aromatic heterocycles. The van der Waals surface area contributed by atoms with Gasteiger partial charge < -0.3 is 14.7 Å². The van der Waals surface area contributed by atoms with E-state index in [2.05, 4.69) is 13.8 Å². The number of carbonyl (C=O) groups excluding carboxylic acids is 2. The fraction of sp³-hybridized carbons (Fsp3) is 0.808. The Hall–Kier alpha value is -1.47. The zero-order chi connectivity index (χ0) is 24.7. The van der Waals surface area contributed by atoms with Gasteiger partial charge in [-0.25, -0.2) is 4.98 Å². The van der Waals surface area contributed by atoms with Gasteiger partial charge in [0, 0.05) is 29.8 Å². The number of amides is 1. The van der Waals surface area contributed by atoms with Crippen LogP contribution in [0.3, 0.4) is 0 Å². The van der Waals surface area contributed by atoms with Crippen LogP contribution in [0.1, 0.15) is 89.7 Å². The van der Waals surface area contributed by atoms with Crippen molar-refractivity contribution in [3.63, 3.8) is 0 Å². The van der Waals surface area contributed by atoms with Gasteiger partial charge in [0.2, 0.25) is 5.91 Å². The molecule has 2 aliphatic carbocycles. The Kier molecular flexibility index (Phi) is 7.64. The number of thiazole rings is 1. The first-order valence-electron chi connectivity index (χ1n) is 12.5. The fourth-order valence-electron chi connectivity index (χ4n) is 6.01. The summed E-state index contributed by atoms with van der Waals surface area (Å²) in [4.78, 5) is 33.2. The van der Waals surface area contributed by atoms with Crippen molar-refractivity contribution in [3.8, 4) is 0 Å². The summed E-state index contributed by atoms with van der Waals surface area (Å²) in [6, 6.07) is 0. The fourth-order valence-corrected chi connectivity index (χ4v) is 7.29. The molecule has 2 aliphatic rings. The Labute approximate surface area is 203 Å². The molecular weight excluding hydrogens is 436 g/mol. The van der Waals surface area contributed by atoms with E-state index in [9.17, 15) is 14.7 Å². The number of aromatic nitrogens is 1. The number of esters is 1. The summed E-state index contributed by atoms with van der Waals surface area (Å²) >= 11 is 1.64. The van der Waals surface area contributed by atoms with Crippen molar-refractivity contribution in [1.29, 1.82) is 0 Å². The molecule has 6 nitrogen and oxygen atoms in total. The third kappa shape index (κ3) is 5.00. The molecule has 0 bridgehead atoms. The molecule has 0 radical (unpaired) electrons. The number of hydrogen-bond acceptors (Lipinski definition) is 6. The molecule has 0 saturated heterocycles. The van der Waals surface area contributed by atoms with E-state index in [4.69, 9.17) is 9.72 Å². The maximum Gasteiger partial charge on any atom is 0.311 e. The van der Waals surface area contributed by atoms with Gasteiger partial charge in [-0.2, -0.15) is 0 Å². The second kappa shape index (κ2) is 9.65. The topological polar surface area (TPSA) is 79.7 Å². The van der Waals surface area contributed by atoms with E-state index >= 15 is 0 Å². The third-order valence-corrected chi connectivity index (χ3v) is 9.06. The van der Waals surface area contributed by atoms with Crippen molar-refractivity contribution >= 4 is 23.2 Å². The van der Waals surface area contributed by atoms with Crippen LogP contribution in [0.25, 0.3) is 0 Å². The molecule has 0 aromatic carbocycles. The lowest BCUT2D eigenvalue weighted by molar-refractivity contribution is -0.154. The predicted molar refractivity (Wildman–Crippen MR) is 131 cm³/mol. The zero-order valence-electron chi connectivity index (χ0n) is 21.6. The van der Waals surface area contributed by atoms with Gasteiger partial charge in [0.15, 0.2) is 0 Å². The minimum Gasteiger partial charge on any atom is -0.458 e. The van der Waals surface area contributed by atoms with Crippen LogP contribution in [0.2, 0.25) is 0 Å². The first-order valence-corrected chi connectivity index (χ1v) is 13.3. The summed E-state index contributed by atoms with van der Waals surface area (Å²) in [6.07, 6.45) is 2.19. The van der Waals surface area contributed by atoms with Gasteiger partial charge in [-0.05, 0) is 71.1 Å². The largest absolute Gasteiger partial charge is 0.458 e. The number of hydrogen-bond donors (Lipinski definition) is 1. The molecule has 1 heterocycles. The van der Waals surface area contributed by atoms with E-state index in [0.717, 1.165) is 30.0 Å². The molecule has 1 saturated carbocycles. The number of fused-ring (bicyclic) bond motifs is 2. The minimum atomic E-state index is -0.537. The van der Waals surface area contributed by atoms with Gasteiger partial charge in [-0.1, -0.05) is 20.8 Å². The second-order valence-electron chi connectivity index (χ2n) is 11.4. The standard InChI is InChI=1S/C26H42N2O4S/c1-9-28(10-2)23(30)15(3)17-11-12-26(8)13-18-21(16(4)20(26)22(17)29)27-19(33-18)14-32-24(31)25(5,6)7/h15-17,20,22,29H,9-14H2,1-8H3/t15-,16-,17+,20+,22-,26-/m0/s1. The van der Waals surface area contributed by atoms with Crippen LogP contribution in [0, 0.1) is 28.6 Å². The van der Waals surface area contributed by atoms with Crippen molar-refractivity contribution in [1.82, 2.24) is 9.88 Å². The summed E-state index contributed by atoms with van der Waals surface area (Å²) in [5, 5.41) is 12.4.